The second kappa shape index (κ2) is 10.0. The zero-order valence-corrected chi connectivity index (χ0v) is 22.6. The molecule has 3 aliphatic heterocycles. The smallest absolute Gasteiger partial charge is 0.322 e. The zero-order chi connectivity index (χ0) is 28.8. The van der Waals surface area contributed by atoms with E-state index in [0.29, 0.717) is 34.8 Å². The summed E-state index contributed by atoms with van der Waals surface area (Å²) in [5.41, 5.74) is 0.668. The first kappa shape index (κ1) is 26.4. The van der Waals surface area contributed by atoms with Gasteiger partial charge in [-0.15, -0.1) is 0 Å². The number of likely N-dealkylation sites (tertiary alicyclic amines) is 1. The minimum atomic E-state index is -3.32. The average Bonchev–Trinajstić information content (AvgIpc) is 3.48. The molecule has 13 heteroatoms. The first-order chi connectivity index (χ1) is 19.7. The van der Waals surface area contributed by atoms with E-state index in [1.165, 1.54) is 17.3 Å². The maximum atomic E-state index is 13.3. The van der Waals surface area contributed by atoms with Gasteiger partial charge in [0.15, 0.2) is 15.4 Å². The Bertz CT molecular complexity index is 1660. The van der Waals surface area contributed by atoms with Crippen molar-refractivity contribution >= 4 is 39.3 Å². The Morgan fingerprint density at radius 3 is 2.51 bits per heavy atom. The number of amides is 5. The molecule has 2 atom stereocenters. The van der Waals surface area contributed by atoms with Crippen molar-refractivity contribution in [2.75, 3.05) is 30.3 Å². The number of benzene rings is 2. The number of hydrogen-bond donors (Lipinski definition) is 3. The molecule has 3 N–H and O–H groups in total. The lowest BCUT2D eigenvalue weighted by molar-refractivity contribution is -0.124. The molecule has 1 aromatic heterocycles. The van der Waals surface area contributed by atoms with Crippen molar-refractivity contribution in [3.05, 3.63) is 89.7 Å². The monoisotopic (exact) mass is 574 g/mol. The number of rotatable bonds is 5. The summed E-state index contributed by atoms with van der Waals surface area (Å²) in [6.07, 6.45) is 2.95. The second-order valence-electron chi connectivity index (χ2n) is 10.2. The summed E-state index contributed by atoms with van der Waals surface area (Å²) < 4.78 is 24.9. The fourth-order valence-corrected chi connectivity index (χ4v) is 7.02. The SMILES string of the molecule is O=C1NC(=O)[C@@]2(CN(C(=O)c3cccnc3)C[C@H]2NC(=O)c2ccc(CN3CCS(=O)(=O)c4ccccc43)cc2)N1. The minimum Gasteiger partial charge on any atom is -0.365 e. The van der Waals surface area contributed by atoms with E-state index >= 15 is 0 Å². The molecule has 41 heavy (non-hydrogen) atoms. The van der Waals surface area contributed by atoms with Gasteiger partial charge in [-0.1, -0.05) is 24.3 Å². The van der Waals surface area contributed by atoms with E-state index in [0.717, 1.165) is 5.56 Å². The van der Waals surface area contributed by atoms with Crippen LogP contribution in [0.1, 0.15) is 26.3 Å². The Kier molecular flexibility index (Phi) is 6.45. The lowest BCUT2D eigenvalue weighted by atomic mass is 9.93. The van der Waals surface area contributed by atoms with E-state index in [1.807, 2.05) is 4.90 Å². The number of fused-ring (bicyclic) bond motifs is 1. The standard InChI is InChI=1S/C28H26N6O6S/c35-24(19-9-7-18(8-10-19)15-33-12-13-41(39,40)22-6-2-1-5-21(22)33)30-23-16-34(25(36)20-4-3-11-29-14-20)17-28(23)26(37)31-27(38)32-28/h1-11,14,23H,12-13,15-17H2,(H,30,35)(H2,31,32,37,38)/t23-,28+/m1/s1. The molecule has 2 saturated heterocycles. The second-order valence-corrected chi connectivity index (χ2v) is 12.3. The Morgan fingerprint density at radius 1 is 1.02 bits per heavy atom. The quantitative estimate of drug-likeness (QED) is 0.376. The maximum absolute atomic E-state index is 13.3. The molecule has 2 fully saturated rings. The predicted octanol–water partition coefficient (Wildman–Crippen LogP) is 0.708. The maximum Gasteiger partial charge on any atom is 0.322 e. The first-order valence-electron chi connectivity index (χ1n) is 13.0. The van der Waals surface area contributed by atoms with Crippen LogP contribution in [0.4, 0.5) is 10.5 Å². The van der Waals surface area contributed by atoms with Gasteiger partial charge in [0.1, 0.15) is 0 Å². The van der Waals surface area contributed by atoms with Crippen LogP contribution in [0, 0.1) is 0 Å². The number of imide groups is 1. The molecule has 12 nitrogen and oxygen atoms in total. The summed E-state index contributed by atoms with van der Waals surface area (Å²) in [6.45, 7) is 0.697. The molecular formula is C28H26N6O6S. The van der Waals surface area contributed by atoms with Gasteiger partial charge >= 0.3 is 6.03 Å². The van der Waals surface area contributed by atoms with Crippen LogP contribution in [0.3, 0.4) is 0 Å². The molecule has 2 aromatic carbocycles. The predicted molar refractivity (Wildman–Crippen MR) is 147 cm³/mol. The van der Waals surface area contributed by atoms with Gasteiger partial charge in [0, 0.05) is 37.6 Å². The number of nitrogens with one attached hydrogen (secondary N) is 3. The van der Waals surface area contributed by atoms with Gasteiger partial charge in [-0.25, -0.2) is 13.2 Å². The zero-order valence-electron chi connectivity index (χ0n) is 21.7. The van der Waals surface area contributed by atoms with Gasteiger partial charge in [0.25, 0.3) is 17.7 Å². The van der Waals surface area contributed by atoms with Crippen molar-refractivity contribution in [3.63, 3.8) is 0 Å². The number of nitrogens with zero attached hydrogens (tertiary/aromatic N) is 3. The Labute approximate surface area is 235 Å². The lowest BCUT2D eigenvalue weighted by Gasteiger charge is -2.31. The first-order valence-corrected chi connectivity index (χ1v) is 14.6. The Hall–Kier alpha value is -4.78. The number of para-hydroxylation sites is 1. The summed E-state index contributed by atoms with van der Waals surface area (Å²) in [5, 5.41) is 7.67. The van der Waals surface area contributed by atoms with Crippen molar-refractivity contribution in [1.82, 2.24) is 25.8 Å². The summed E-state index contributed by atoms with van der Waals surface area (Å²) in [5.74, 6) is -1.44. The molecule has 0 radical (unpaired) electrons. The number of anilines is 1. The largest absolute Gasteiger partial charge is 0.365 e. The molecule has 5 amide bonds. The van der Waals surface area contributed by atoms with Gasteiger partial charge in [-0.05, 0) is 42.0 Å². The van der Waals surface area contributed by atoms with Gasteiger partial charge in [0.05, 0.1) is 34.5 Å². The third-order valence-electron chi connectivity index (χ3n) is 7.67. The van der Waals surface area contributed by atoms with Crippen LogP contribution in [0.5, 0.6) is 0 Å². The minimum absolute atomic E-state index is 0.00251. The number of urea groups is 1. The number of aromatic nitrogens is 1. The fourth-order valence-electron chi connectivity index (χ4n) is 5.54. The van der Waals surface area contributed by atoms with E-state index in [2.05, 4.69) is 20.9 Å². The van der Waals surface area contributed by atoms with Gasteiger partial charge in [-0.3, -0.25) is 24.7 Å². The van der Waals surface area contributed by atoms with Gasteiger partial charge in [-0.2, -0.15) is 0 Å². The highest BCUT2D eigenvalue weighted by molar-refractivity contribution is 7.91. The van der Waals surface area contributed by atoms with Crippen LogP contribution >= 0.6 is 0 Å². The number of pyridine rings is 1. The summed E-state index contributed by atoms with van der Waals surface area (Å²) in [7, 11) is -3.32. The van der Waals surface area contributed by atoms with Crippen molar-refractivity contribution in [3.8, 4) is 0 Å². The normalized spacial score (nSPS) is 22.7. The van der Waals surface area contributed by atoms with E-state index < -0.39 is 39.3 Å². The fraction of sp³-hybridized carbons (Fsp3) is 0.250. The molecule has 210 valence electrons. The van der Waals surface area contributed by atoms with E-state index in [1.54, 1.807) is 60.7 Å². The summed E-state index contributed by atoms with van der Waals surface area (Å²) >= 11 is 0. The highest BCUT2D eigenvalue weighted by Crippen LogP contribution is 2.31. The number of sulfone groups is 1. The Morgan fingerprint density at radius 2 is 1.80 bits per heavy atom. The van der Waals surface area contributed by atoms with Crippen molar-refractivity contribution in [2.45, 2.75) is 23.0 Å². The molecule has 6 rings (SSSR count). The van der Waals surface area contributed by atoms with E-state index in [4.69, 9.17) is 0 Å². The third-order valence-corrected chi connectivity index (χ3v) is 9.40. The van der Waals surface area contributed by atoms with Crippen LogP contribution in [-0.2, 0) is 21.2 Å². The molecule has 0 bridgehead atoms. The van der Waals surface area contributed by atoms with Crippen LogP contribution < -0.4 is 20.9 Å². The topological polar surface area (TPSA) is 158 Å². The van der Waals surface area contributed by atoms with Gasteiger partial charge < -0.3 is 20.4 Å². The third kappa shape index (κ3) is 4.78. The summed E-state index contributed by atoms with van der Waals surface area (Å²) in [4.78, 5) is 59.0. The van der Waals surface area contributed by atoms with Crippen molar-refractivity contribution in [1.29, 1.82) is 0 Å². The molecular weight excluding hydrogens is 548 g/mol. The molecule has 3 aromatic rings. The lowest BCUT2D eigenvalue weighted by Crippen LogP contribution is -2.62. The molecule has 0 unspecified atom stereocenters. The van der Waals surface area contributed by atoms with Crippen molar-refractivity contribution < 1.29 is 27.6 Å². The molecule has 0 saturated carbocycles. The van der Waals surface area contributed by atoms with Crippen molar-refractivity contribution in [2.24, 2.45) is 0 Å². The van der Waals surface area contributed by atoms with Crippen LogP contribution in [0.25, 0.3) is 0 Å². The highest BCUT2D eigenvalue weighted by atomic mass is 32.2. The van der Waals surface area contributed by atoms with Gasteiger partial charge in [0.2, 0.25) is 0 Å². The molecule has 1 spiro atoms. The molecule has 3 aliphatic rings. The summed E-state index contributed by atoms with van der Waals surface area (Å²) in [6, 6.07) is 15.4. The van der Waals surface area contributed by atoms with E-state index in [9.17, 15) is 27.6 Å². The van der Waals surface area contributed by atoms with Crippen LogP contribution in [0.2, 0.25) is 0 Å². The van der Waals surface area contributed by atoms with Crippen LogP contribution in [0.15, 0.2) is 78.0 Å². The molecule has 4 heterocycles. The number of hydrogen-bond acceptors (Lipinski definition) is 8. The number of carbonyl (C=O) groups excluding carboxylic acids is 4. The van der Waals surface area contributed by atoms with Crippen LogP contribution in [-0.4, -0.2) is 79.0 Å². The van der Waals surface area contributed by atoms with E-state index in [-0.39, 0.29) is 24.7 Å². The average molecular weight is 575 g/mol. The highest BCUT2D eigenvalue weighted by Gasteiger charge is 2.58. The number of carbonyl (C=O) groups is 4. The molecule has 0 aliphatic carbocycles. The Balaban J connectivity index is 1.18.